The van der Waals surface area contributed by atoms with Gasteiger partial charge in [0.2, 0.25) is 0 Å². The number of halogens is 4. The van der Waals surface area contributed by atoms with E-state index in [1.54, 1.807) is 18.1 Å². The SMILES string of the molecule is Cn1cnc(CCNCc2ccc(F)cc2C(F)(F)F)n1. The van der Waals surface area contributed by atoms with Gasteiger partial charge in [-0.3, -0.25) is 4.68 Å². The van der Waals surface area contributed by atoms with Crippen molar-refractivity contribution in [1.82, 2.24) is 20.1 Å². The summed E-state index contributed by atoms with van der Waals surface area (Å²) < 4.78 is 52.9. The number of aromatic nitrogens is 3. The van der Waals surface area contributed by atoms with Gasteiger partial charge >= 0.3 is 6.18 Å². The average molecular weight is 302 g/mol. The van der Waals surface area contributed by atoms with Crippen molar-refractivity contribution < 1.29 is 17.6 Å². The Hall–Kier alpha value is -1.96. The number of nitrogens with one attached hydrogen (secondary N) is 1. The van der Waals surface area contributed by atoms with Gasteiger partial charge < -0.3 is 5.32 Å². The molecular formula is C13H14F4N4. The van der Waals surface area contributed by atoms with E-state index in [1.165, 1.54) is 0 Å². The van der Waals surface area contributed by atoms with Crippen LogP contribution in [0.2, 0.25) is 0 Å². The van der Waals surface area contributed by atoms with Crippen LogP contribution < -0.4 is 5.32 Å². The Balaban J connectivity index is 1.94. The van der Waals surface area contributed by atoms with Gasteiger partial charge in [0.25, 0.3) is 0 Å². The summed E-state index contributed by atoms with van der Waals surface area (Å²) in [4.78, 5) is 4.01. The number of rotatable bonds is 5. The highest BCUT2D eigenvalue weighted by atomic mass is 19.4. The first-order valence-electron chi connectivity index (χ1n) is 6.27. The third kappa shape index (κ3) is 4.25. The molecule has 2 aromatic rings. The van der Waals surface area contributed by atoms with E-state index in [-0.39, 0.29) is 12.1 Å². The van der Waals surface area contributed by atoms with Gasteiger partial charge in [0.1, 0.15) is 12.1 Å². The Kier molecular flexibility index (Phi) is 4.56. The molecule has 0 radical (unpaired) electrons. The fourth-order valence-corrected chi connectivity index (χ4v) is 1.89. The van der Waals surface area contributed by atoms with Crippen LogP contribution in [0.5, 0.6) is 0 Å². The summed E-state index contributed by atoms with van der Waals surface area (Å²) in [6.45, 7) is 0.431. The normalized spacial score (nSPS) is 11.9. The molecule has 4 nitrogen and oxygen atoms in total. The molecular weight excluding hydrogens is 288 g/mol. The summed E-state index contributed by atoms with van der Waals surface area (Å²) in [7, 11) is 1.73. The first-order valence-corrected chi connectivity index (χ1v) is 6.27. The van der Waals surface area contributed by atoms with Gasteiger partial charge in [-0.05, 0) is 17.7 Å². The van der Waals surface area contributed by atoms with Crippen molar-refractivity contribution in [3.63, 3.8) is 0 Å². The highest BCUT2D eigenvalue weighted by Crippen LogP contribution is 2.32. The molecule has 2 rings (SSSR count). The van der Waals surface area contributed by atoms with Crippen molar-refractivity contribution in [3.05, 3.63) is 47.3 Å². The maximum Gasteiger partial charge on any atom is 0.416 e. The maximum atomic E-state index is 13.0. The van der Waals surface area contributed by atoms with Crippen molar-refractivity contribution in [2.24, 2.45) is 7.05 Å². The van der Waals surface area contributed by atoms with E-state index >= 15 is 0 Å². The summed E-state index contributed by atoms with van der Waals surface area (Å²) >= 11 is 0. The largest absolute Gasteiger partial charge is 0.416 e. The van der Waals surface area contributed by atoms with Crippen molar-refractivity contribution in [1.29, 1.82) is 0 Å². The van der Waals surface area contributed by atoms with E-state index in [0.29, 0.717) is 24.9 Å². The Bertz CT molecular complexity index is 606. The van der Waals surface area contributed by atoms with Gasteiger partial charge in [0, 0.05) is 26.6 Å². The molecule has 0 aliphatic rings. The lowest BCUT2D eigenvalue weighted by atomic mass is 10.1. The Morgan fingerprint density at radius 1 is 1.29 bits per heavy atom. The van der Waals surface area contributed by atoms with Crippen molar-refractivity contribution in [2.45, 2.75) is 19.1 Å². The van der Waals surface area contributed by atoms with E-state index in [0.717, 1.165) is 12.1 Å². The predicted octanol–water partition coefficient (Wildman–Crippen LogP) is 2.31. The molecule has 0 spiro atoms. The predicted molar refractivity (Wildman–Crippen MR) is 67.8 cm³/mol. The van der Waals surface area contributed by atoms with Crippen molar-refractivity contribution in [2.75, 3.05) is 6.54 Å². The standard InChI is InChI=1S/C13H14F4N4/c1-21-8-19-12(20-21)4-5-18-7-9-2-3-10(14)6-11(9)13(15,16)17/h2-3,6,8,18H,4-5,7H2,1H3. The molecule has 0 unspecified atom stereocenters. The molecule has 1 aromatic heterocycles. The van der Waals surface area contributed by atoms with Crippen LogP contribution in [-0.2, 0) is 26.2 Å². The Morgan fingerprint density at radius 3 is 2.67 bits per heavy atom. The molecule has 0 aliphatic heterocycles. The zero-order chi connectivity index (χ0) is 15.5. The highest BCUT2D eigenvalue weighted by Gasteiger charge is 2.33. The molecule has 0 aliphatic carbocycles. The first kappa shape index (κ1) is 15.4. The molecule has 0 fully saturated rings. The monoisotopic (exact) mass is 302 g/mol. The highest BCUT2D eigenvalue weighted by molar-refractivity contribution is 5.30. The van der Waals surface area contributed by atoms with E-state index in [1.807, 2.05) is 0 Å². The average Bonchev–Trinajstić information content (AvgIpc) is 2.81. The molecule has 0 saturated heterocycles. The van der Waals surface area contributed by atoms with Crippen LogP contribution >= 0.6 is 0 Å². The molecule has 0 atom stereocenters. The summed E-state index contributed by atoms with van der Waals surface area (Å²) in [5.74, 6) is -0.288. The molecule has 1 aromatic carbocycles. The minimum absolute atomic E-state index is 0.00194. The molecule has 114 valence electrons. The minimum atomic E-state index is -4.57. The second kappa shape index (κ2) is 6.21. The molecule has 1 heterocycles. The zero-order valence-corrected chi connectivity index (χ0v) is 11.3. The van der Waals surface area contributed by atoms with E-state index in [2.05, 4.69) is 15.4 Å². The first-order chi connectivity index (χ1) is 9.86. The zero-order valence-electron chi connectivity index (χ0n) is 11.3. The third-order valence-electron chi connectivity index (χ3n) is 2.87. The Labute approximate surface area is 118 Å². The van der Waals surface area contributed by atoms with E-state index in [4.69, 9.17) is 0 Å². The molecule has 0 bridgehead atoms. The molecule has 0 amide bonds. The fraction of sp³-hybridized carbons (Fsp3) is 0.385. The molecule has 0 saturated carbocycles. The number of hydrogen-bond donors (Lipinski definition) is 1. The number of benzene rings is 1. The topological polar surface area (TPSA) is 42.7 Å². The lowest BCUT2D eigenvalue weighted by molar-refractivity contribution is -0.138. The lowest BCUT2D eigenvalue weighted by Crippen LogP contribution is -2.20. The summed E-state index contributed by atoms with van der Waals surface area (Å²) in [5, 5.41) is 6.94. The second-order valence-corrected chi connectivity index (χ2v) is 4.56. The van der Waals surface area contributed by atoms with Gasteiger partial charge in [-0.1, -0.05) is 6.07 Å². The number of hydrogen-bond acceptors (Lipinski definition) is 3. The summed E-state index contributed by atoms with van der Waals surface area (Å²) in [6, 6.07) is 2.67. The van der Waals surface area contributed by atoms with Crippen LogP contribution in [0.4, 0.5) is 17.6 Å². The number of aryl methyl sites for hydroxylation is 1. The van der Waals surface area contributed by atoms with Crippen LogP contribution in [0.1, 0.15) is 17.0 Å². The van der Waals surface area contributed by atoms with Crippen LogP contribution in [0.15, 0.2) is 24.5 Å². The van der Waals surface area contributed by atoms with E-state index < -0.39 is 17.6 Å². The van der Waals surface area contributed by atoms with Crippen molar-refractivity contribution >= 4 is 0 Å². The van der Waals surface area contributed by atoms with Crippen LogP contribution in [0, 0.1) is 5.82 Å². The number of alkyl halides is 3. The van der Waals surface area contributed by atoms with E-state index in [9.17, 15) is 17.6 Å². The van der Waals surface area contributed by atoms with Crippen molar-refractivity contribution in [3.8, 4) is 0 Å². The fourth-order valence-electron chi connectivity index (χ4n) is 1.89. The van der Waals surface area contributed by atoms with Crippen LogP contribution in [-0.4, -0.2) is 21.3 Å². The Morgan fingerprint density at radius 2 is 2.05 bits per heavy atom. The van der Waals surface area contributed by atoms with Gasteiger partial charge in [-0.25, -0.2) is 9.37 Å². The van der Waals surface area contributed by atoms with Gasteiger partial charge in [0.05, 0.1) is 5.56 Å². The second-order valence-electron chi connectivity index (χ2n) is 4.56. The van der Waals surface area contributed by atoms with Crippen LogP contribution in [0.25, 0.3) is 0 Å². The smallest absolute Gasteiger partial charge is 0.312 e. The molecule has 21 heavy (non-hydrogen) atoms. The third-order valence-corrected chi connectivity index (χ3v) is 2.87. The quantitative estimate of drug-likeness (QED) is 0.681. The molecule has 1 N–H and O–H groups in total. The summed E-state index contributed by atoms with van der Waals surface area (Å²) in [5.41, 5.74) is -0.941. The molecule has 8 heteroatoms. The lowest BCUT2D eigenvalue weighted by Gasteiger charge is -2.13. The van der Waals surface area contributed by atoms with Gasteiger partial charge in [-0.2, -0.15) is 18.3 Å². The van der Waals surface area contributed by atoms with Gasteiger partial charge in [0.15, 0.2) is 5.82 Å². The summed E-state index contributed by atoms with van der Waals surface area (Å²) in [6.07, 6.45) is -2.51. The van der Waals surface area contributed by atoms with Crippen LogP contribution in [0.3, 0.4) is 0 Å². The number of nitrogens with zero attached hydrogens (tertiary/aromatic N) is 3. The van der Waals surface area contributed by atoms with Gasteiger partial charge in [-0.15, -0.1) is 0 Å². The minimum Gasteiger partial charge on any atom is -0.312 e. The maximum absolute atomic E-state index is 13.0.